The number of hydrogen-bond donors (Lipinski definition) is 2. The van der Waals surface area contributed by atoms with Gasteiger partial charge in [-0.25, -0.2) is 9.24 Å². The van der Waals surface area contributed by atoms with Gasteiger partial charge in [0.2, 0.25) is 0 Å². The van der Waals surface area contributed by atoms with Crippen LogP contribution in [0.15, 0.2) is 43.0 Å². The molecule has 9 heteroatoms. The molecule has 1 aliphatic rings. The van der Waals surface area contributed by atoms with Crippen LogP contribution in [0.3, 0.4) is 0 Å². The summed E-state index contributed by atoms with van der Waals surface area (Å²) in [6.45, 7) is 16.6. The molecule has 2 heterocycles. The zero-order valence-electron chi connectivity index (χ0n) is 22.1. The van der Waals surface area contributed by atoms with E-state index in [0.29, 0.717) is 24.5 Å². The maximum Gasteiger partial charge on any atom is 0.190 e. The molecule has 4 rings (SSSR count). The number of alkyl halides is 1. The SMILES string of the molecule is [C-]#[N+]C(=C)c1c(C#CCNc2ccc(P(C)(C)=O)cc2OC)sc2c(N[C@@H]3CCN(C)C[C@@H]3F)cccc12. The van der Waals surface area contributed by atoms with E-state index in [4.69, 9.17) is 11.3 Å². The van der Waals surface area contributed by atoms with Crippen LogP contribution in [0.4, 0.5) is 15.8 Å². The third kappa shape index (κ3) is 6.05. The van der Waals surface area contributed by atoms with Gasteiger partial charge in [-0.15, -0.1) is 11.3 Å². The Morgan fingerprint density at radius 1 is 1.34 bits per heavy atom. The maximum atomic E-state index is 14.7. The fourth-order valence-corrected chi connectivity index (χ4v) is 6.54. The molecule has 0 aliphatic carbocycles. The molecule has 0 unspecified atom stereocenters. The van der Waals surface area contributed by atoms with Crippen molar-refractivity contribution in [2.45, 2.75) is 18.6 Å². The molecule has 0 saturated carbocycles. The molecule has 38 heavy (non-hydrogen) atoms. The lowest BCUT2D eigenvalue weighted by Gasteiger charge is -2.33. The van der Waals surface area contributed by atoms with Crippen molar-refractivity contribution in [3.8, 4) is 17.6 Å². The third-order valence-corrected chi connectivity index (χ3v) is 9.28. The number of likely N-dealkylation sites (tertiary alicyclic amines) is 1. The molecule has 0 bridgehead atoms. The molecule has 198 valence electrons. The van der Waals surface area contributed by atoms with Gasteiger partial charge in [0.15, 0.2) is 5.70 Å². The van der Waals surface area contributed by atoms with Gasteiger partial charge in [0.25, 0.3) is 0 Å². The Kier molecular flexibility index (Phi) is 8.48. The largest absolute Gasteiger partial charge is 0.495 e. The Labute approximate surface area is 228 Å². The van der Waals surface area contributed by atoms with E-state index in [1.807, 2.05) is 42.3 Å². The third-order valence-electron chi connectivity index (χ3n) is 6.60. The predicted molar refractivity (Wildman–Crippen MR) is 159 cm³/mol. The van der Waals surface area contributed by atoms with Crippen LogP contribution in [0.2, 0.25) is 0 Å². The van der Waals surface area contributed by atoms with Crippen LogP contribution >= 0.6 is 18.5 Å². The minimum Gasteiger partial charge on any atom is -0.495 e. The van der Waals surface area contributed by atoms with Gasteiger partial charge in [0.1, 0.15) is 19.1 Å². The second kappa shape index (κ2) is 11.6. The van der Waals surface area contributed by atoms with Crippen LogP contribution in [0.1, 0.15) is 16.9 Å². The average Bonchev–Trinajstić information content (AvgIpc) is 3.26. The van der Waals surface area contributed by atoms with Gasteiger partial charge in [0.05, 0.1) is 47.2 Å². The molecule has 2 aromatic carbocycles. The van der Waals surface area contributed by atoms with Crippen LogP contribution in [-0.2, 0) is 4.57 Å². The van der Waals surface area contributed by atoms with Crippen molar-refractivity contribution in [1.82, 2.24) is 4.90 Å². The Balaban J connectivity index is 1.60. The standard InChI is InChI=1S/C29H32FN4O2PS/c1-19(31-2)28-21-9-7-10-25(33-23-14-16-34(3)18-22(23)30)29(21)38-27(28)11-8-15-32-24-13-12-20(37(5,6)35)17-26(24)36-4/h7,9-10,12-13,17,22-23,32-33H,1,14-16,18H2,3-6H3/t22-,23+/m0/s1. The summed E-state index contributed by atoms with van der Waals surface area (Å²) < 4.78 is 33.6. The molecule has 3 aromatic rings. The van der Waals surface area contributed by atoms with E-state index in [9.17, 15) is 8.96 Å². The van der Waals surface area contributed by atoms with E-state index in [2.05, 4.69) is 33.9 Å². The lowest BCUT2D eigenvalue weighted by atomic mass is 10.0. The number of hydrogen-bond acceptors (Lipinski definition) is 6. The molecule has 1 fully saturated rings. The summed E-state index contributed by atoms with van der Waals surface area (Å²) >= 11 is 1.49. The highest BCUT2D eigenvalue weighted by molar-refractivity contribution is 7.70. The van der Waals surface area contributed by atoms with Gasteiger partial charge in [-0.05, 0) is 56.4 Å². The first kappa shape index (κ1) is 27.7. The summed E-state index contributed by atoms with van der Waals surface area (Å²) in [6, 6.07) is 11.0. The van der Waals surface area contributed by atoms with Crippen molar-refractivity contribution in [3.63, 3.8) is 0 Å². The van der Waals surface area contributed by atoms with Gasteiger partial charge in [-0.2, -0.15) is 0 Å². The minimum absolute atomic E-state index is 0.263. The van der Waals surface area contributed by atoms with Crippen molar-refractivity contribution in [2.24, 2.45) is 0 Å². The van der Waals surface area contributed by atoms with Gasteiger partial charge in [-0.1, -0.05) is 30.6 Å². The van der Waals surface area contributed by atoms with Crippen LogP contribution < -0.4 is 20.7 Å². The smallest absolute Gasteiger partial charge is 0.190 e. The zero-order chi connectivity index (χ0) is 27.4. The maximum absolute atomic E-state index is 14.7. The van der Waals surface area contributed by atoms with Crippen LogP contribution in [-0.4, -0.2) is 64.2 Å². The normalized spacial score (nSPS) is 17.8. The van der Waals surface area contributed by atoms with Crippen molar-refractivity contribution in [2.75, 3.05) is 57.8 Å². The Hall–Kier alpha value is -3.29. The summed E-state index contributed by atoms with van der Waals surface area (Å²) in [7, 11) is 1.11. The molecule has 0 spiro atoms. The van der Waals surface area contributed by atoms with E-state index < -0.39 is 13.3 Å². The van der Waals surface area contributed by atoms with E-state index in [0.717, 1.165) is 50.2 Å². The molecular weight excluding hydrogens is 518 g/mol. The van der Waals surface area contributed by atoms with Gasteiger partial charge >= 0.3 is 0 Å². The van der Waals surface area contributed by atoms with E-state index >= 15 is 0 Å². The second-order valence-electron chi connectivity index (χ2n) is 9.76. The average molecular weight is 551 g/mol. The summed E-state index contributed by atoms with van der Waals surface area (Å²) in [5.74, 6) is 6.97. The molecule has 2 atom stereocenters. The number of halogens is 1. The van der Waals surface area contributed by atoms with Crippen molar-refractivity contribution in [1.29, 1.82) is 0 Å². The highest BCUT2D eigenvalue weighted by Gasteiger charge is 2.28. The molecule has 0 amide bonds. The Morgan fingerprint density at radius 2 is 2.13 bits per heavy atom. The van der Waals surface area contributed by atoms with Crippen molar-refractivity contribution >= 4 is 50.9 Å². The fourth-order valence-electron chi connectivity index (χ4n) is 4.51. The summed E-state index contributed by atoms with van der Waals surface area (Å²) in [6.07, 6.45) is -0.239. The molecule has 1 aliphatic heterocycles. The van der Waals surface area contributed by atoms with E-state index in [1.165, 1.54) is 11.3 Å². The van der Waals surface area contributed by atoms with Crippen LogP contribution in [0, 0.1) is 18.4 Å². The van der Waals surface area contributed by atoms with Crippen LogP contribution in [0.25, 0.3) is 20.6 Å². The summed E-state index contributed by atoms with van der Waals surface area (Å²) in [4.78, 5) is 6.34. The number of piperidine rings is 1. The quantitative estimate of drug-likeness (QED) is 0.216. The first-order valence-electron chi connectivity index (χ1n) is 12.3. The number of nitrogens with one attached hydrogen (secondary N) is 2. The molecular formula is C29H32FN4O2PS. The fraction of sp³-hybridized carbons (Fsp3) is 0.345. The van der Waals surface area contributed by atoms with Gasteiger partial charge in [-0.3, -0.25) is 0 Å². The molecule has 1 saturated heterocycles. The number of ether oxygens (including phenoxy) is 1. The number of benzene rings is 2. The first-order chi connectivity index (χ1) is 18.1. The Morgan fingerprint density at radius 3 is 2.82 bits per heavy atom. The molecule has 1 aromatic heterocycles. The first-order valence-corrected chi connectivity index (χ1v) is 15.7. The number of anilines is 2. The minimum atomic E-state index is -2.40. The Bertz CT molecular complexity index is 1510. The van der Waals surface area contributed by atoms with Gasteiger partial charge in [0, 0.05) is 24.0 Å². The van der Waals surface area contributed by atoms with Gasteiger partial charge < -0.3 is 24.8 Å². The van der Waals surface area contributed by atoms with Crippen molar-refractivity contribution in [3.05, 3.63) is 64.8 Å². The number of methoxy groups -OCH3 is 1. The molecule has 0 radical (unpaired) electrons. The van der Waals surface area contributed by atoms with E-state index in [1.54, 1.807) is 26.5 Å². The molecule has 6 nitrogen and oxygen atoms in total. The summed E-state index contributed by atoms with van der Waals surface area (Å²) in [5.41, 5.74) is 2.66. The van der Waals surface area contributed by atoms with E-state index in [-0.39, 0.29) is 6.04 Å². The number of fused-ring (bicyclic) bond motifs is 1. The predicted octanol–water partition coefficient (Wildman–Crippen LogP) is 5.97. The molecule has 2 N–H and O–H groups in total. The van der Waals surface area contributed by atoms with Crippen LogP contribution in [0.5, 0.6) is 5.75 Å². The van der Waals surface area contributed by atoms with Crippen molar-refractivity contribution < 1.29 is 13.7 Å². The topological polar surface area (TPSA) is 58.0 Å². The number of rotatable bonds is 7. The number of nitrogens with zero attached hydrogens (tertiary/aromatic N) is 2. The number of thiophene rings is 1. The zero-order valence-corrected chi connectivity index (χ0v) is 23.8. The summed E-state index contributed by atoms with van der Waals surface area (Å²) in [5, 5.41) is 8.32. The highest BCUT2D eigenvalue weighted by atomic mass is 32.1. The monoisotopic (exact) mass is 550 g/mol. The second-order valence-corrected chi connectivity index (χ2v) is 14.0. The highest BCUT2D eigenvalue weighted by Crippen LogP contribution is 2.40. The lowest BCUT2D eigenvalue weighted by molar-refractivity contribution is 0.149. The lowest BCUT2D eigenvalue weighted by Crippen LogP contribution is -2.46.